The van der Waals surface area contributed by atoms with Crippen molar-refractivity contribution in [2.75, 3.05) is 32.8 Å². The fourth-order valence-corrected chi connectivity index (χ4v) is 7.32. The van der Waals surface area contributed by atoms with Gasteiger partial charge in [0.15, 0.2) is 5.76 Å². The molecule has 3 N–H and O–H groups in total. The minimum absolute atomic E-state index is 0.0307. The van der Waals surface area contributed by atoms with E-state index in [9.17, 15) is 28.5 Å². The summed E-state index contributed by atoms with van der Waals surface area (Å²) in [6.07, 6.45) is 6.44. The van der Waals surface area contributed by atoms with Crippen molar-refractivity contribution >= 4 is 37.7 Å². The Kier molecular flexibility index (Phi) is 20.8. The lowest BCUT2D eigenvalue weighted by Gasteiger charge is -2.31. The zero-order chi connectivity index (χ0) is 42.3. The molecule has 0 saturated heterocycles. The molecule has 0 fully saturated rings. The third-order valence-electron chi connectivity index (χ3n) is 9.12. The van der Waals surface area contributed by atoms with Crippen molar-refractivity contribution in [1.29, 1.82) is 0 Å². The Labute approximate surface area is 341 Å². The zero-order valence-electron chi connectivity index (χ0n) is 34.3. The molecule has 15 nitrogen and oxygen atoms in total. The van der Waals surface area contributed by atoms with Crippen molar-refractivity contribution in [3.05, 3.63) is 77.6 Å². The van der Waals surface area contributed by atoms with Crippen LogP contribution < -0.4 is 20.7 Å². The third-order valence-corrected chi connectivity index (χ3v) is 10.8. The molecule has 318 valence electrons. The highest BCUT2D eigenvalue weighted by molar-refractivity contribution is 7.53. The first-order chi connectivity index (χ1) is 28.0. The van der Waals surface area contributed by atoms with Crippen LogP contribution in [0.1, 0.15) is 124 Å². The highest BCUT2D eigenvalue weighted by atomic mass is 31.2. The van der Waals surface area contributed by atoms with Crippen LogP contribution in [0.25, 0.3) is 11.3 Å². The minimum atomic E-state index is -3.58. The van der Waals surface area contributed by atoms with Gasteiger partial charge in [-0.05, 0) is 69.0 Å². The second kappa shape index (κ2) is 25.4. The van der Waals surface area contributed by atoms with Gasteiger partial charge in [0.05, 0.1) is 49.6 Å². The van der Waals surface area contributed by atoms with Crippen molar-refractivity contribution < 1.29 is 51.6 Å². The highest BCUT2D eigenvalue weighted by Gasteiger charge is 2.34. The maximum absolute atomic E-state index is 13.5. The van der Waals surface area contributed by atoms with Gasteiger partial charge in [-0.2, -0.15) is 5.06 Å². The van der Waals surface area contributed by atoms with Crippen molar-refractivity contribution in [1.82, 2.24) is 21.0 Å². The number of hydrogen-bond acceptors (Lipinski definition) is 11. The quantitative estimate of drug-likeness (QED) is 0.0212. The average Bonchev–Trinajstić information content (AvgIpc) is 3.73. The number of furan rings is 1. The van der Waals surface area contributed by atoms with E-state index in [0.717, 1.165) is 30.7 Å². The number of carbonyl (C=O) groups excluding carboxylic acids is 5. The average molecular weight is 827 g/mol. The molecule has 0 aliphatic carbocycles. The number of amides is 4. The summed E-state index contributed by atoms with van der Waals surface area (Å²) in [7, 11) is -3.58. The van der Waals surface area contributed by atoms with E-state index in [-0.39, 0.29) is 55.4 Å². The van der Waals surface area contributed by atoms with E-state index in [1.807, 2.05) is 20.8 Å². The molecule has 3 rings (SSSR count). The molecule has 0 aliphatic rings. The van der Waals surface area contributed by atoms with E-state index in [1.54, 1.807) is 68.4 Å². The van der Waals surface area contributed by atoms with Gasteiger partial charge in [0.1, 0.15) is 17.8 Å². The van der Waals surface area contributed by atoms with Gasteiger partial charge in [-0.25, -0.2) is 4.79 Å². The van der Waals surface area contributed by atoms with Crippen molar-refractivity contribution in [2.45, 2.75) is 98.4 Å². The summed E-state index contributed by atoms with van der Waals surface area (Å²) in [4.78, 5) is 70.2. The molecule has 0 saturated carbocycles. The Balaban J connectivity index is 1.66. The number of rotatable bonds is 28. The maximum Gasteiger partial charge on any atom is 0.363 e. The number of ether oxygens (including phenoxy) is 1. The summed E-state index contributed by atoms with van der Waals surface area (Å²) >= 11 is 0. The smallest absolute Gasteiger partial charge is 0.363 e. The van der Waals surface area contributed by atoms with E-state index in [0.29, 0.717) is 49.8 Å². The van der Waals surface area contributed by atoms with Crippen LogP contribution in [0.5, 0.6) is 5.75 Å². The topological polar surface area (TPSA) is 192 Å². The summed E-state index contributed by atoms with van der Waals surface area (Å²) in [5.74, 6) is -2.46. The fraction of sp³-hybridized carbons (Fsp3) is 0.500. The molecule has 0 radical (unpaired) electrons. The molecule has 1 heterocycles. The molecular formula is C42H59N4O11P. The SMILES string of the molecule is CCCCC[C@@H](C(=O)NCNC(=O)c1ccc(-c2ccc(C(=O)NCP(=O)(OCCCC)OCCCC)c(OCC)c2)o1)[C@@H](CC)N(C=O)OC(=O)c1ccccc1. The molecule has 0 bridgehead atoms. The lowest BCUT2D eigenvalue weighted by Crippen LogP contribution is -2.49. The number of nitrogens with one attached hydrogen (secondary N) is 3. The second-order valence-electron chi connectivity index (χ2n) is 13.5. The minimum Gasteiger partial charge on any atom is -0.493 e. The molecule has 2 aromatic carbocycles. The molecule has 0 spiro atoms. The number of unbranched alkanes of at least 4 members (excludes halogenated alkanes) is 4. The number of hydroxylamine groups is 2. The standard InChI is InChI=1S/C42H59N4O11P/c1-6-11-15-20-33(35(9-4)46(30-47)57-42(51)31-18-16-14-17-19-31)39(48)43-28-44-41(50)37-24-23-36(56-37)32-21-22-34(38(27-32)53-10-5)40(49)45-29-58(52,54-25-12-7-2)55-26-13-8-3/h14,16-19,21-24,27,30,33,35H,6-13,15,20,25-26,28-29H2,1-5H3,(H,43,48)(H,44,50)(H,45,49)/t33-,35-/m1/s1. The first kappa shape index (κ1) is 47.4. The molecule has 0 unspecified atom stereocenters. The fourth-order valence-electron chi connectivity index (χ4n) is 5.92. The first-order valence-corrected chi connectivity index (χ1v) is 21.9. The molecule has 58 heavy (non-hydrogen) atoms. The van der Waals surface area contributed by atoms with Crippen LogP contribution in [0, 0.1) is 5.92 Å². The van der Waals surface area contributed by atoms with Gasteiger partial charge >= 0.3 is 13.6 Å². The Morgan fingerprint density at radius 3 is 2.12 bits per heavy atom. The van der Waals surface area contributed by atoms with Crippen LogP contribution in [0.3, 0.4) is 0 Å². The summed E-state index contributed by atoms with van der Waals surface area (Å²) in [5, 5.41) is 8.93. The molecule has 1 aromatic heterocycles. The predicted molar refractivity (Wildman–Crippen MR) is 219 cm³/mol. The second-order valence-corrected chi connectivity index (χ2v) is 15.5. The Bertz CT molecular complexity index is 1790. The van der Waals surface area contributed by atoms with Crippen LogP contribution in [0.4, 0.5) is 0 Å². The molecule has 16 heteroatoms. The number of hydrogen-bond donors (Lipinski definition) is 3. The van der Waals surface area contributed by atoms with Gasteiger partial charge < -0.3 is 39.0 Å². The van der Waals surface area contributed by atoms with Gasteiger partial charge in [0.2, 0.25) is 12.3 Å². The lowest BCUT2D eigenvalue weighted by molar-refractivity contribution is -0.171. The van der Waals surface area contributed by atoms with Gasteiger partial charge in [-0.3, -0.25) is 23.7 Å². The first-order valence-electron chi connectivity index (χ1n) is 20.1. The maximum atomic E-state index is 13.5. The van der Waals surface area contributed by atoms with Crippen LogP contribution in [0.15, 0.2) is 65.1 Å². The number of benzene rings is 2. The van der Waals surface area contributed by atoms with Crippen LogP contribution in [-0.4, -0.2) is 74.0 Å². The Morgan fingerprint density at radius 1 is 0.810 bits per heavy atom. The van der Waals surface area contributed by atoms with Crippen LogP contribution >= 0.6 is 7.60 Å². The van der Waals surface area contributed by atoms with Gasteiger partial charge in [-0.15, -0.1) is 0 Å². The predicted octanol–water partition coefficient (Wildman–Crippen LogP) is 7.87. The summed E-state index contributed by atoms with van der Waals surface area (Å²) in [6, 6.07) is 15.3. The number of carbonyl (C=O) groups is 5. The largest absolute Gasteiger partial charge is 0.493 e. The molecule has 2 atom stereocenters. The summed E-state index contributed by atoms with van der Waals surface area (Å²) in [6.45, 7) is 10.1. The van der Waals surface area contributed by atoms with Crippen molar-refractivity contribution in [3.8, 4) is 17.1 Å². The van der Waals surface area contributed by atoms with E-state index < -0.39 is 43.2 Å². The van der Waals surface area contributed by atoms with Crippen molar-refractivity contribution in [2.24, 2.45) is 5.92 Å². The normalized spacial score (nSPS) is 12.2. The van der Waals surface area contributed by atoms with Gasteiger partial charge in [-0.1, -0.05) is 84.1 Å². The van der Waals surface area contributed by atoms with E-state index in [1.165, 1.54) is 6.07 Å². The van der Waals surface area contributed by atoms with E-state index >= 15 is 0 Å². The zero-order valence-corrected chi connectivity index (χ0v) is 35.2. The molecule has 4 amide bonds. The van der Waals surface area contributed by atoms with E-state index in [2.05, 4.69) is 16.0 Å². The van der Waals surface area contributed by atoms with Crippen LogP contribution in [-0.2, 0) is 28.0 Å². The monoisotopic (exact) mass is 826 g/mol. The third kappa shape index (κ3) is 14.8. The van der Waals surface area contributed by atoms with Crippen LogP contribution in [0.2, 0.25) is 0 Å². The lowest BCUT2D eigenvalue weighted by atomic mass is 9.90. The molecular weight excluding hydrogens is 767 g/mol. The number of nitrogens with zero attached hydrogens (tertiary/aromatic N) is 1. The summed E-state index contributed by atoms with van der Waals surface area (Å²) < 4.78 is 36.2. The summed E-state index contributed by atoms with van der Waals surface area (Å²) in [5.41, 5.74) is 0.983. The van der Waals surface area contributed by atoms with Gasteiger partial charge in [0.25, 0.3) is 11.8 Å². The van der Waals surface area contributed by atoms with Gasteiger partial charge in [0, 0.05) is 5.56 Å². The molecule has 3 aromatic rings. The Morgan fingerprint density at radius 2 is 1.50 bits per heavy atom. The van der Waals surface area contributed by atoms with Crippen molar-refractivity contribution in [3.63, 3.8) is 0 Å². The Hall–Kier alpha value is -4.98. The highest BCUT2D eigenvalue weighted by Crippen LogP contribution is 2.47. The molecule has 0 aliphatic heterocycles. The van der Waals surface area contributed by atoms with E-state index in [4.69, 9.17) is 23.0 Å².